The Bertz CT molecular complexity index is 416. The Balaban J connectivity index is -0.000000115. The summed E-state index contributed by atoms with van der Waals surface area (Å²) in [7, 11) is -3.54. The van der Waals surface area contributed by atoms with Crippen molar-refractivity contribution in [3.05, 3.63) is 0 Å². The van der Waals surface area contributed by atoms with E-state index >= 15 is 0 Å². The summed E-state index contributed by atoms with van der Waals surface area (Å²) in [5.41, 5.74) is 0. The van der Waals surface area contributed by atoms with Gasteiger partial charge in [-0.25, -0.2) is 0 Å². The van der Waals surface area contributed by atoms with Crippen LogP contribution in [0.25, 0.3) is 0 Å². The molecule has 0 N–H and O–H groups in total. The van der Waals surface area contributed by atoms with Crippen LogP contribution in [0, 0.1) is 0 Å². The monoisotopic (exact) mass is 782 g/mol. The van der Waals surface area contributed by atoms with Gasteiger partial charge in [0.05, 0.1) is 54.9 Å². The topological polar surface area (TPSA) is 117 Å². The van der Waals surface area contributed by atoms with Crippen LogP contribution in [0.3, 0.4) is 0 Å². The molecule has 0 bridgehead atoms. The quantitative estimate of drug-likeness (QED) is 0.0978. The van der Waals surface area contributed by atoms with E-state index in [9.17, 15) is 0 Å². The third-order valence-corrected chi connectivity index (χ3v) is 8.02. The van der Waals surface area contributed by atoms with Crippen LogP contribution < -0.4 is 0 Å². The molecule has 0 saturated carbocycles. The molecule has 0 atom stereocenters. The largest absolute Gasteiger partial charge is 0.333 e. The molecule has 15 heteroatoms. The van der Waals surface area contributed by atoms with Gasteiger partial charge in [0.2, 0.25) is 0 Å². The fraction of sp³-hybridized carbons (Fsp3) is 0.931. The molecule has 0 amide bonds. The molecule has 0 aliphatic heterocycles. The van der Waals surface area contributed by atoms with Crippen LogP contribution in [0.4, 0.5) is 0 Å². The Hall–Kier alpha value is 0.893. The molecule has 0 heterocycles. The molecule has 0 aromatic carbocycles. The van der Waals surface area contributed by atoms with Crippen molar-refractivity contribution in [3.8, 4) is 0 Å². The summed E-state index contributed by atoms with van der Waals surface area (Å²) in [6.45, 7) is 44.5. The molecule has 0 unspecified atom stereocenters. The van der Waals surface area contributed by atoms with E-state index in [4.69, 9.17) is 50.3 Å². The fourth-order valence-corrected chi connectivity index (χ4v) is 5.32. The van der Waals surface area contributed by atoms with E-state index in [1.165, 1.54) is 0 Å². The summed E-state index contributed by atoms with van der Waals surface area (Å²) in [5.74, 6) is 0. The van der Waals surface area contributed by atoms with Crippen LogP contribution in [-0.4, -0.2) is 68.5 Å². The van der Waals surface area contributed by atoms with Gasteiger partial charge in [-0.3, -0.25) is 9.59 Å². The van der Waals surface area contributed by atoms with Crippen molar-refractivity contribution < 1.29 is 69.8 Å². The van der Waals surface area contributed by atoms with Crippen LogP contribution in [-0.2, 0) is 69.8 Å². The standard InChI is InChI=1S/3C9H21O3P.2CO.Ru/c3*1-7(2)10-13(11-8(3)4)12-9(5)6;2*1-2;/h3*7-9H,1-6H3;;;. The molecule has 0 aliphatic carbocycles. The van der Waals surface area contributed by atoms with E-state index in [0.717, 1.165) is 0 Å². The molecule has 268 valence electrons. The van der Waals surface area contributed by atoms with Gasteiger partial charge in [0.25, 0.3) is 13.6 Å². The van der Waals surface area contributed by atoms with E-state index in [1.54, 1.807) is 0 Å². The summed E-state index contributed by atoms with van der Waals surface area (Å²) in [5, 5.41) is 0. The van der Waals surface area contributed by atoms with Crippen LogP contribution in [0.2, 0.25) is 0 Å². The molecule has 0 spiro atoms. The molecule has 0 aromatic rings. The van der Waals surface area contributed by atoms with Gasteiger partial charge in [0.1, 0.15) is 0 Å². The van der Waals surface area contributed by atoms with E-state index < -0.39 is 25.8 Å². The first-order valence-electron chi connectivity index (χ1n) is 14.6. The fourth-order valence-electron chi connectivity index (χ4n) is 1.77. The number of hydrogen-bond donors (Lipinski definition) is 0. The van der Waals surface area contributed by atoms with Gasteiger partial charge in [0.15, 0.2) is 0 Å². The second kappa shape index (κ2) is 38.3. The maximum atomic E-state index is 7.50. The second-order valence-electron chi connectivity index (χ2n) is 11.1. The second-order valence-corrected chi connectivity index (χ2v) is 14.3. The zero-order chi connectivity index (χ0) is 35.3. The zero-order valence-corrected chi connectivity index (χ0v) is 34.8. The average Bonchev–Trinajstić information content (AvgIpc) is 2.78. The molecule has 0 aromatic heterocycles. The Kier molecular flexibility index (Phi) is 49.8. The van der Waals surface area contributed by atoms with Crippen molar-refractivity contribution in [1.29, 1.82) is 0 Å². The molecule has 0 rings (SSSR count). The normalized spacial score (nSPS) is 11.2. The third-order valence-electron chi connectivity index (χ3n) is 2.67. The summed E-state index contributed by atoms with van der Waals surface area (Å²) < 4.78 is 49.4. The number of hydrogen-bond acceptors (Lipinski definition) is 11. The van der Waals surface area contributed by atoms with Gasteiger partial charge in [-0.15, -0.1) is 0 Å². The molecule has 44 heavy (non-hydrogen) atoms. The summed E-state index contributed by atoms with van der Waals surface area (Å²) in [6.07, 6.45) is 1.28. The molecule has 0 fully saturated rings. The first-order valence-corrected chi connectivity index (χ1v) is 17.9. The van der Waals surface area contributed by atoms with Crippen molar-refractivity contribution >= 4 is 39.4 Å². The predicted octanol–water partition coefficient (Wildman–Crippen LogP) is 9.67. The van der Waals surface area contributed by atoms with Gasteiger partial charge in [-0.1, -0.05) is 0 Å². The van der Waals surface area contributed by atoms with Crippen molar-refractivity contribution in [3.63, 3.8) is 0 Å². The minimum absolute atomic E-state index is 0. The smallest absolute Gasteiger partial charge is 0.309 e. The molecule has 4 radical (unpaired) electrons. The Labute approximate surface area is 287 Å². The third kappa shape index (κ3) is 55.3. The summed E-state index contributed by atoms with van der Waals surface area (Å²) in [6, 6.07) is 0. The Morgan fingerprint density at radius 2 is 0.341 bits per heavy atom. The Morgan fingerprint density at radius 3 is 0.386 bits per heavy atom. The van der Waals surface area contributed by atoms with Gasteiger partial charge in [0, 0.05) is 19.5 Å². The zero-order valence-electron chi connectivity index (χ0n) is 30.4. The van der Waals surface area contributed by atoms with Crippen LogP contribution >= 0.6 is 25.8 Å². The predicted molar refractivity (Wildman–Crippen MR) is 178 cm³/mol. The van der Waals surface area contributed by atoms with Gasteiger partial charge in [-0.05, 0) is 125 Å². The van der Waals surface area contributed by atoms with Crippen molar-refractivity contribution in [2.45, 2.75) is 180 Å². The van der Waals surface area contributed by atoms with Crippen molar-refractivity contribution in [1.82, 2.24) is 0 Å². The van der Waals surface area contributed by atoms with Gasteiger partial charge < -0.3 is 40.7 Å². The number of rotatable bonds is 18. The van der Waals surface area contributed by atoms with Crippen LogP contribution in [0.15, 0.2) is 0 Å². The van der Waals surface area contributed by atoms with Crippen molar-refractivity contribution in [2.75, 3.05) is 0 Å². The molecule has 11 nitrogen and oxygen atoms in total. The summed E-state index contributed by atoms with van der Waals surface area (Å²) in [4.78, 5) is 15.0. The SMILES string of the molecule is CC(C)OP(OC(C)C)OC(C)C.CC(C)OP(OC(C)C)OC(C)C.CC(C)OP(OC(C)C)OC(C)C.[C]=O.[C]=O.[Ru]. The summed E-state index contributed by atoms with van der Waals surface area (Å²) >= 11 is 0. The van der Waals surface area contributed by atoms with E-state index in [-0.39, 0.29) is 74.4 Å². The van der Waals surface area contributed by atoms with Gasteiger partial charge in [-0.2, -0.15) is 0 Å². The molecule has 0 saturated heterocycles. The Morgan fingerprint density at radius 1 is 0.273 bits per heavy atom. The number of carbonyl (C=O) groups excluding carboxylic acids is 2. The maximum absolute atomic E-state index is 7.50. The average molecular weight is 782 g/mol. The van der Waals surface area contributed by atoms with Crippen LogP contribution in [0.5, 0.6) is 0 Å². The molecular weight excluding hydrogens is 718 g/mol. The van der Waals surface area contributed by atoms with Gasteiger partial charge >= 0.3 is 25.8 Å². The van der Waals surface area contributed by atoms with E-state index in [0.29, 0.717) is 0 Å². The first-order chi connectivity index (χ1) is 19.7. The van der Waals surface area contributed by atoms with Crippen molar-refractivity contribution in [2.24, 2.45) is 0 Å². The van der Waals surface area contributed by atoms with Crippen LogP contribution in [0.1, 0.15) is 125 Å². The minimum atomic E-state index is -1.18. The molecule has 0 aliphatic rings. The first kappa shape index (κ1) is 57.2. The maximum Gasteiger partial charge on any atom is 0.333 e. The molecular formula is C29H63O11P3Ru. The minimum Gasteiger partial charge on any atom is -0.309 e. The van der Waals surface area contributed by atoms with E-state index in [2.05, 4.69) is 13.6 Å². The van der Waals surface area contributed by atoms with E-state index in [1.807, 2.05) is 125 Å².